The maximum Gasteiger partial charge on any atom is 0.369 e. The third-order valence-corrected chi connectivity index (χ3v) is 6.52. The fourth-order valence-electron chi connectivity index (χ4n) is 4.55. The third kappa shape index (κ3) is 2.48. The number of carbonyl (C=O) groups excluding carboxylic acids is 2. The lowest BCUT2D eigenvalue weighted by molar-refractivity contribution is -0.186. The van der Waals surface area contributed by atoms with Gasteiger partial charge in [0.2, 0.25) is 0 Å². The zero-order chi connectivity index (χ0) is 17.2. The Morgan fingerprint density at radius 3 is 2.30 bits per heavy atom. The van der Waals surface area contributed by atoms with Gasteiger partial charge in [-0.05, 0) is 44.9 Å². The van der Waals surface area contributed by atoms with Gasteiger partial charge >= 0.3 is 11.2 Å². The molecule has 4 aliphatic carbocycles. The molecule has 0 aliphatic heterocycles. The number of ketones is 1. The molecule has 0 heterocycles. The standard InChI is InChI=1S/C14H18F2O6S/c1-7(14(15,16)23(19,20)21)22-12(18)13-4-8-2-9(5-13)11(17)10(3-8)6-13/h7-10H,2-6H2,1H3,(H,19,20,21)/p-1. The molecule has 3 unspecified atom stereocenters. The van der Waals surface area contributed by atoms with Gasteiger partial charge in [0.25, 0.3) is 0 Å². The van der Waals surface area contributed by atoms with Gasteiger partial charge < -0.3 is 9.29 Å². The summed E-state index contributed by atoms with van der Waals surface area (Å²) in [5, 5.41) is -4.68. The van der Waals surface area contributed by atoms with E-state index in [0.29, 0.717) is 26.2 Å². The van der Waals surface area contributed by atoms with Gasteiger partial charge in [-0.2, -0.15) is 8.78 Å². The first kappa shape index (κ1) is 16.8. The van der Waals surface area contributed by atoms with Gasteiger partial charge in [0.15, 0.2) is 16.2 Å². The molecule has 0 amide bonds. The second-order valence-electron chi connectivity index (χ2n) is 7.09. The first-order valence-electron chi connectivity index (χ1n) is 7.54. The fraction of sp³-hybridized carbons (Fsp3) is 0.857. The average molecular weight is 351 g/mol. The zero-order valence-corrected chi connectivity index (χ0v) is 13.3. The average Bonchev–Trinajstić information content (AvgIpc) is 2.42. The summed E-state index contributed by atoms with van der Waals surface area (Å²) in [4.78, 5) is 24.5. The number of hydrogen-bond acceptors (Lipinski definition) is 6. The molecular weight excluding hydrogens is 334 g/mol. The fourth-order valence-corrected chi connectivity index (χ4v) is 5.01. The molecule has 4 aliphatic rings. The van der Waals surface area contributed by atoms with Crippen molar-refractivity contribution in [3.8, 4) is 0 Å². The van der Waals surface area contributed by atoms with E-state index in [9.17, 15) is 31.3 Å². The number of rotatable bonds is 4. The molecule has 9 heteroatoms. The van der Waals surface area contributed by atoms with E-state index >= 15 is 0 Å². The van der Waals surface area contributed by atoms with Gasteiger partial charge in [0.1, 0.15) is 5.78 Å². The Balaban J connectivity index is 1.78. The minimum absolute atomic E-state index is 0.130. The van der Waals surface area contributed by atoms with Crippen LogP contribution >= 0.6 is 0 Å². The Bertz CT molecular complexity index is 640. The quantitative estimate of drug-likeness (QED) is 0.561. The smallest absolute Gasteiger partial charge is 0.369 e. The molecule has 3 atom stereocenters. The second kappa shape index (κ2) is 4.95. The zero-order valence-electron chi connectivity index (χ0n) is 12.5. The van der Waals surface area contributed by atoms with E-state index in [1.54, 1.807) is 0 Å². The Morgan fingerprint density at radius 2 is 1.83 bits per heavy atom. The van der Waals surface area contributed by atoms with Gasteiger partial charge in [-0.1, -0.05) is 0 Å². The first-order valence-corrected chi connectivity index (χ1v) is 8.95. The molecule has 0 saturated heterocycles. The molecule has 0 aromatic carbocycles. The summed E-state index contributed by atoms with van der Waals surface area (Å²) >= 11 is 0. The maximum absolute atomic E-state index is 13.5. The SMILES string of the molecule is CC(OC(=O)C12CC3CC(C1)C(=O)C(C3)C2)C(F)(F)S(=O)(=O)[O-]. The molecule has 23 heavy (non-hydrogen) atoms. The molecule has 4 bridgehead atoms. The molecule has 4 saturated carbocycles. The van der Waals surface area contributed by atoms with Crippen molar-refractivity contribution in [2.75, 3.05) is 0 Å². The van der Waals surface area contributed by atoms with Crippen LogP contribution in [0.5, 0.6) is 0 Å². The summed E-state index contributed by atoms with van der Waals surface area (Å²) in [5.74, 6) is -1.08. The van der Waals surface area contributed by atoms with Crippen LogP contribution in [-0.4, -0.2) is 36.1 Å². The summed E-state index contributed by atoms with van der Waals surface area (Å²) in [6.45, 7) is 0.693. The number of ether oxygens (including phenoxy) is 1. The van der Waals surface area contributed by atoms with Crippen molar-refractivity contribution in [1.29, 1.82) is 0 Å². The van der Waals surface area contributed by atoms with Crippen molar-refractivity contribution in [2.24, 2.45) is 23.2 Å². The van der Waals surface area contributed by atoms with Crippen LogP contribution in [-0.2, 0) is 24.4 Å². The van der Waals surface area contributed by atoms with Crippen molar-refractivity contribution in [3.05, 3.63) is 0 Å². The van der Waals surface area contributed by atoms with Crippen LogP contribution in [0.4, 0.5) is 8.78 Å². The molecule has 0 aromatic heterocycles. The number of halogens is 2. The highest BCUT2D eigenvalue weighted by atomic mass is 32.2. The van der Waals surface area contributed by atoms with Crippen LogP contribution in [0.3, 0.4) is 0 Å². The highest BCUT2D eigenvalue weighted by molar-refractivity contribution is 7.86. The molecule has 130 valence electrons. The number of alkyl halides is 2. The maximum atomic E-state index is 13.5. The van der Waals surface area contributed by atoms with Gasteiger partial charge in [-0.15, -0.1) is 0 Å². The van der Waals surface area contributed by atoms with Crippen molar-refractivity contribution in [2.45, 2.75) is 50.4 Å². The lowest BCUT2D eigenvalue weighted by Gasteiger charge is -2.54. The lowest BCUT2D eigenvalue weighted by atomic mass is 9.49. The predicted octanol–water partition coefficient (Wildman–Crippen LogP) is 1.45. The van der Waals surface area contributed by atoms with E-state index in [1.165, 1.54) is 0 Å². The van der Waals surface area contributed by atoms with Gasteiger partial charge in [0, 0.05) is 11.8 Å². The molecular formula is C14H17F2O6S-. The number of hydrogen-bond donors (Lipinski definition) is 0. The second-order valence-corrected chi connectivity index (χ2v) is 8.54. The van der Waals surface area contributed by atoms with E-state index in [1.807, 2.05) is 0 Å². The molecule has 0 N–H and O–H groups in total. The highest BCUT2D eigenvalue weighted by Gasteiger charge is 2.60. The molecule has 4 fully saturated rings. The molecule has 0 aromatic rings. The van der Waals surface area contributed by atoms with Gasteiger partial charge in [-0.3, -0.25) is 9.59 Å². The minimum Gasteiger partial charge on any atom is -0.743 e. The van der Waals surface area contributed by atoms with Crippen molar-refractivity contribution in [1.82, 2.24) is 0 Å². The van der Waals surface area contributed by atoms with Crippen molar-refractivity contribution in [3.63, 3.8) is 0 Å². The minimum atomic E-state index is -5.93. The number of esters is 1. The topological polar surface area (TPSA) is 101 Å². The summed E-state index contributed by atoms with van der Waals surface area (Å²) in [6, 6.07) is 0. The van der Waals surface area contributed by atoms with Crippen LogP contribution in [0.25, 0.3) is 0 Å². The van der Waals surface area contributed by atoms with E-state index in [0.717, 1.165) is 0 Å². The van der Waals surface area contributed by atoms with Crippen LogP contribution in [0, 0.1) is 23.2 Å². The Morgan fingerprint density at radius 1 is 1.30 bits per heavy atom. The van der Waals surface area contributed by atoms with Crippen LogP contribution < -0.4 is 0 Å². The Labute approximate surface area is 132 Å². The van der Waals surface area contributed by atoms with E-state index in [2.05, 4.69) is 4.74 Å². The predicted molar refractivity (Wildman–Crippen MR) is 71.2 cm³/mol. The Hall–Kier alpha value is -1.09. The van der Waals surface area contributed by atoms with Crippen LogP contribution in [0.15, 0.2) is 0 Å². The summed E-state index contributed by atoms with van der Waals surface area (Å²) in [6.07, 6.45) is 0.0614. The molecule has 0 radical (unpaired) electrons. The summed E-state index contributed by atoms with van der Waals surface area (Å²) in [7, 11) is -5.93. The number of Topliss-reactive ketones (excluding diaryl/α,β-unsaturated/α-hetero) is 1. The van der Waals surface area contributed by atoms with Gasteiger partial charge in [-0.25, -0.2) is 8.42 Å². The van der Waals surface area contributed by atoms with E-state index < -0.39 is 32.9 Å². The normalized spacial score (nSPS) is 37.7. The van der Waals surface area contributed by atoms with E-state index in [4.69, 9.17) is 0 Å². The number of carbonyl (C=O) groups is 2. The molecule has 0 spiro atoms. The first-order chi connectivity index (χ1) is 10.5. The lowest BCUT2D eigenvalue weighted by Crippen LogP contribution is -2.56. The summed E-state index contributed by atoms with van der Waals surface area (Å²) in [5.41, 5.74) is -0.999. The molecule has 4 rings (SSSR count). The largest absolute Gasteiger partial charge is 0.743 e. The van der Waals surface area contributed by atoms with Crippen LogP contribution in [0.2, 0.25) is 0 Å². The van der Waals surface area contributed by atoms with Crippen molar-refractivity contribution < 1.29 is 36.1 Å². The highest BCUT2D eigenvalue weighted by Crippen LogP contribution is 2.59. The van der Waals surface area contributed by atoms with Crippen molar-refractivity contribution >= 4 is 21.9 Å². The van der Waals surface area contributed by atoms with E-state index in [-0.39, 0.29) is 36.4 Å². The van der Waals surface area contributed by atoms with Gasteiger partial charge in [0.05, 0.1) is 5.41 Å². The molecule has 6 nitrogen and oxygen atoms in total. The van der Waals surface area contributed by atoms with Crippen LogP contribution in [0.1, 0.15) is 39.0 Å². The summed E-state index contributed by atoms with van der Waals surface area (Å²) < 4.78 is 63.5. The third-order valence-electron chi connectivity index (χ3n) is 5.52. The Kier molecular flexibility index (Phi) is 3.61. The monoisotopic (exact) mass is 351 g/mol.